The average molecular weight is 317 g/mol. The third kappa shape index (κ3) is 3.43. The number of fused-ring (bicyclic) bond motifs is 1. The quantitative estimate of drug-likeness (QED) is 0.589. The normalized spacial score (nSPS) is 10.9. The van der Waals surface area contributed by atoms with Gasteiger partial charge in [0, 0.05) is 30.9 Å². The molecule has 1 amide bonds. The lowest BCUT2D eigenvalue weighted by molar-refractivity contribution is 0.0955. The van der Waals surface area contributed by atoms with Gasteiger partial charge in [0.05, 0.1) is 6.21 Å². The fraction of sp³-hybridized carbons (Fsp3) is 0.100. The van der Waals surface area contributed by atoms with Crippen LogP contribution in [0.1, 0.15) is 15.9 Å². The van der Waals surface area contributed by atoms with Gasteiger partial charge >= 0.3 is 0 Å². The molecule has 0 fully saturated rings. The molecule has 0 aliphatic carbocycles. The minimum Gasteiger partial charge on any atom is -0.378 e. The van der Waals surface area contributed by atoms with E-state index in [0.29, 0.717) is 5.56 Å². The molecular formula is C20H19N3O. The van der Waals surface area contributed by atoms with Gasteiger partial charge in [-0.15, -0.1) is 0 Å². The van der Waals surface area contributed by atoms with E-state index in [1.54, 1.807) is 18.3 Å². The molecule has 1 N–H and O–H groups in total. The zero-order chi connectivity index (χ0) is 16.9. The molecule has 0 aliphatic heterocycles. The van der Waals surface area contributed by atoms with Gasteiger partial charge in [0.25, 0.3) is 5.91 Å². The van der Waals surface area contributed by atoms with Crippen molar-refractivity contribution < 1.29 is 4.79 Å². The number of carbonyl (C=O) groups is 1. The summed E-state index contributed by atoms with van der Waals surface area (Å²) in [5, 5.41) is 6.34. The summed E-state index contributed by atoms with van der Waals surface area (Å²) in [6, 6.07) is 21.5. The Hall–Kier alpha value is -3.14. The van der Waals surface area contributed by atoms with Gasteiger partial charge in [-0.2, -0.15) is 5.10 Å². The third-order valence-electron chi connectivity index (χ3n) is 3.84. The van der Waals surface area contributed by atoms with Crippen LogP contribution >= 0.6 is 0 Å². The lowest BCUT2D eigenvalue weighted by Crippen LogP contribution is -2.18. The summed E-state index contributed by atoms with van der Waals surface area (Å²) in [5.74, 6) is -0.225. The SMILES string of the molecule is CN(C)c1ccc(C(=O)NN=Cc2cccc3ccccc23)cc1. The highest BCUT2D eigenvalue weighted by atomic mass is 16.2. The molecule has 0 heterocycles. The number of hydrogen-bond acceptors (Lipinski definition) is 3. The van der Waals surface area contributed by atoms with Crippen molar-refractivity contribution in [2.75, 3.05) is 19.0 Å². The fourth-order valence-corrected chi connectivity index (χ4v) is 2.50. The van der Waals surface area contributed by atoms with Gasteiger partial charge in [-0.05, 0) is 35.0 Å². The first-order valence-corrected chi connectivity index (χ1v) is 7.74. The number of benzene rings is 3. The lowest BCUT2D eigenvalue weighted by atomic mass is 10.1. The Bertz CT molecular complexity index is 878. The molecule has 3 aromatic rings. The standard InChI is InChI=1S/C20H19N3O/c1-23(2)18-12-10-16(11-13-18)20(24)22-21-14-17-8-5-7-15-6-3-4-9-19(15)17/h3-14H,1-2H3,(H,22,24). The Balaban J connectivity index is 1.72. The monoisotopic (exact) mass is 317 g/mol. The molecule has 3 aromatic carbocycles. The van der Waals surface area contributed by atoms with Crippen LogP contribution in [0.4, 0.5) is 5.69 Å². The van der Waals surface area contributed by atoms with Crippen LogP contribution in [0.5, 0.6) is 0 Å². The first-order chi connectivity index (χ1) is 11.6. The minimum atomic E-state index is -0.225. The van der Waals surface area contributed by atoms with Crippen LogP contribution in [0.3, 0.4) is 0 Å². The number of anilines is 1. The first-order valence-electron chi connectivity index (χ1n) is 7.74. The molecule has 0 saturated heterocycles. The Morgan fingerprint density at radius 1 is 0.958 bits per heavy atom. The van der Waals surface area contributed by atoms with Crippen molar-refractivity contribution in [1.82, 2.24) is 5.43 Å². The summed E-state index contributed by atoms with van der Waals surface area (Å²) in [6.45, 7) is 0. The second kappa shape index (κ2) is 6.96. The van der Waals surface area contributed by atoms with Crippen LogP contribution < -0.4 is 10.3 Å². The topological polar surface area (TPSA) is 44.7 Å². The molecule has 3 rings (SSSR count). The van der Waals surface area contributed by atoms with E-state index in [4.69, 9.17) is 0 Å². The predicted molar refractivity (Wildman–Crippen MR) is 99.8 cm³/mol. The van der Waals surface area contributed by atoms with Crippen LogP contribution in [0, 0.1) is 0 Å². The van der Waals surface area contributed by atoms with Crippen LogP contribution in [-0.4, -0.2) is 26.2 Å². The van der Waals surface area contributed by atoms with Crippen LogP contribution in [0.25, 0.3) is 10.8 Å². The maximum absolute atomic E-state index is 12.1. The van der Waals surface area contributed by atoms with Crippen molar-refractivity contribution in [3.63, 3.8) is 0 Å². The van der Waals surface area contributed by atoms with Gasteiger partial charge in [0.15, 0.2) is 0 Å². The highest BCUT2D eigenvalue weighted by Crippen LogP contribution is 2.16. The summed E-state index contributed by atoms with van der Waals surface area (Å²) in [5.41, 5.74) is 5.17. The zero-order valence-corrected chi connectivity index (χ0v) is 13.7. The van der Waals surface area contributed by atoms with Crippen LogP contribution in [0.2, 0.25) is 0 Å². The summed E-state index contributed by atoms with van der Waals surface area (Å²) in [4.78, 5) is 14.1. The highest BCUT2D eigenvalue weighted by Gasteiger charge is 2.04. The van der Waals surface area contributed by atoms with E-state index in [-0.39, 0.29) is 5.91 Å². The number of nitrogens with one attached hydrogen (secondary N) is 1. The van der Waals surface area contributed by atoms with Gasteiger partial charge < -0.3 is 4.90 Å². The van der Waals surface area contributed by atoms with E-state index in [9.17, 15) is 4.79 Å². The van der Waals surface area contributed by atoms with E-state index in [0.717, 1.165) is 22.0 Å². The third-order valence-corrected chi connectivity index (χ3v) is 3.84. The van der Waals surface area contributed by atoms with Crippen LogP contribution in [0.15, 0.2) is 71.8 Å². The molecular weight excluding hydrogens is 298 g/mol. The zero-order valence-electron chi connectivity index (χ0n) is 13.7. The maximum Gasteiger partial charge on any atom is 0.271 e. The van der Waals surface area contributed by atoms with Gasteiger partial charge in [0.1, 0.15) is 0 Å². The lowest BCUT2D eigenvalue weighted by Gasteiger charge is -2.12. The van der Waals surface area contributed by atoms with Crippen molar-refractivity contribution in [1.29, 1.82) is 0 Å². The molecule has 120 valence electrons. The number of hydrazone groups is 1. The Kier molecular flexibility index (Phi) is 4.57. The molecule has 0 bridgehead atoms. The Labute approximate surface area is 141 Å². The summed E-state index contributed by atoms with van der Waals surface area (Å²) in [7, 11) is 3.92. The summed E-state index contributed by atoms with van der Waals surface area (Å²) in [6.07, 6.45) is 1.68. The van der Waals surface area contributed by atoms with E-state index in [1.165, 1.54) is 0 Å². The van der Waals surface area contributed by atoms with Crippen molar-refractivity contribution >= 4 is 28.6 Å². The number of rotatable bonds is 4. The average Bonchev–Trinajstić information content (AvgIpc) is 2.62. The van der Waals surface area contributed by atoms with Crippen molar-refractivity contribution in [3.8, 4) is 0 Å². The van der Waals surface area contributed by atoms with Gasteiger partial charge in [0.2, 0.25) is 0 Å². The molecule has 0 radical (unpaired) electrons. The van der Waals surface area contributed by atoms with E-state index in [2.05, 4.69) is 22.7 Å². The molecule has 0 atom stereocenters. The summed E-state index contributed by atoms with van der Waals surface area (Å²) >= 11 is 0. The molecule has 0 aromatic heterocycles. The van der Waals surface area contributed by atoms with Gasteiger partial charge in [-0.1, -0.05) is 42.5 Å². The van der Waals surface area contributed by atoms with E-state index in [1.807, 2.05) is 61.5 Å². The maximum atomic E-state index is 12.1. The molecule has 0 saturated carbocycles. The molecule has 24 heavy (non-hydrogen) atoms. The number of amides is 1. The number of hydrogen-bond donors (Lipinski definition) is 1. The Morgan fingerprint density at radius 2 is 1.67 bits per heavy atom. The molecule has 4 heteroatoms. The molecule has 0 aliphatic rings. The predicted octanol–water partition coefficient (Wildman–Crippen LogP) is 3.67. The van der Waals surface area contributed by atoms with Crippen LogP contribution in [-0.2, 0) is 0 Å². The molecule has 4 nitrogen and oxygen atoms in total. The van der Waals surface area contributed by atoms with Gasteiger partial charge in [-0.3, -0.25) is 4.79 Å². The fourth-order valence-electron chi connectivity index (χ4n) is 2.50. The number of carbonyl (C=O) groups excluding carboxylic acids is 1. The van der Waals surface area contributed by atoms with Crippen molar-refractivity contribution in [3.05, 3.63) is 77.9 Å². The minimum absolute atomic E-state index is 0.225. The smallest absolute Gasteiger partial charge is 0.271 e. The Morgan fingerprint density at radius 3 is 2.42 bits per heavy atom. The second-order valence-electron chi connectivity index (χ2n) is 5.71. The second-order valence-corrected chi connectivity index (χ2v) is 5.71. The molecule has 0 spiro atoms. The molecule has 0 unspecified atom stereocenters. The van der Waals surface area contributed by atoms with Gasteiger partial charge in [-0.25, -0.2) is 5.43 Å². The summed E-state index contributed by atoms with van der Waals surface area (Å²) < 4.78 is 0. The highest BCUT2D eigenvalue weighted by molar-refractivity contribution is 6.00. The first kappa shape index (κ1) is 15.7. The van der Waals surface area contributed by atoms with E-state index >= 15 is 0 Å². The largest absolute Gasteiger partial charge is 0.378 e. The van der Waals surface area contributed by atoms with Crippen molar-refractivity contribution in [2.24, 2.45) is 5.10 Å². The van der Waals surface area contributed by atoms with Crippen molar-refractivity contribution in [2.45, 2.75) is 0 Å². The number of nitrogens with zero attached hydrogens (tertiary/aromatic N) is 2. The van der Waals surface area contributed by atoms with E-state index < -0.39 is 0 Å².